The van der Waals surface area contributed by atoms with Gasteiger partial charge in [-0.25, -0.2) is 9.78 Å². The van der Waals surface area contributed by atoms with Gasteiger partial charge in [0.25, 0.3) is 5.91 Å². The van der Waals surface area contributed by atoms with Gasteiger partial charge in [-0.2, -0.15) is 0 Å². The smallest absolute Gasteiger partial charge is 0.331 e. The van der Waals surface area contributed by atoms with Crippen LogP contribution in [-0.4, -0.2) is 67.3 Å². The van der Waals surface area contributed by atoms with Crippen LogP contribution in [-0.2, 0) is 0 Å². The van der Waals surface area contributed by atoms with E-state index in [1.165, 1.54) is 11.3 Å². The Morgan fingerprint density at radius 1 is 1.18 bits per heavy atom. The van der Waals surface area contributed by atoms with Crippen LogP contribution >= 0.6 is 11.3 Å². The van der Waals surface area contributed by atoms with Crippen molar-refractivity contribution in [1.82, 2.24) is 15.2 Å². The molecule has 0 saturated carbocycles. The van der Waals surface area contributed by atoms with Gasteiger partial charge in [0.2, 0.25) is 0 Å². The van der Waals surface area contributed by atoms with Crippen molar-refractivity contribution in [2.24, 2.45) is 0 Å². The zero-order chi connectivity index (χ0) is 28.0. The molecule has 2 aromatic heterocycles. The average molecular weight is 553 g/mol. The molecule has 0 radical (unpaired) electrons. The molecule has 2 aliphatic heterocycles. The molecule has 0 bridgehead atoms. The van der Waals surface area contributed by atoms with E-state index >= 15 is 0 Å². The molecule has 2 aromatic carbocycles. The van der Waals surface area contributed by atoms with Crippen LogP contribution in [0.25, 0.3) is 10.2 Å². The number of para-hydroxylation sites is 1. The van der Waals surface area contributed by atoms with Crippen molar-refractivity contribution in [2.45, 2.75) is 31.3 Å². The molecular weight excluding hydrogens is 524 g/mol. The maximum atomic E-state index is 13.5. The van der Waals surface area contributed by atoms with E-state index in [1.807, 2.05) is 60.4 Å². The van der Waals surface area contributed by atoms with Crippen molar-refractivity contribution in [3.8, 4) is 11.5 Å². The Balaban J connectivity index is 1.29. The number of aromatic nitrogens is 1. The summed E-state index contributed by atoms with van der Waals surface area (Å²) in [5, 5.41) is 17.3. The minimum Gasteiger partial charge on any atom is -0.457 e. The van der Waals surface area contributed by atoms with Crippen molar-refractivity contribution in [3.05, 3.63) is 71.2 Å². The summed E-state index contributed by atoms with van der Waals surface area (Å²) in [7, 11) is 3.51. The predicted molar refractivity (Wildman–Crippen MR) is 163 cm³/mol. The molecule has 12 heteroatoms. The van der Waals surface area contributed by atoms with Gasteiger partial charge in [-0.1, -0.05) is 18.2 Å². The number of rotatable bonds is 6. The number of nitrogens with one attached hydrogen (secondary N) is 2. The normalized spacial score (nSPS) is 17.5. The number of amides is 3. The lowest BCUT2D eigenvalue weighted by Crippen LogP contribution is -2.58. The maximum Gasteiger partial charge on any atom is 0.331 e. The number of benzene rings is 2. The number of carbonyl (C=O) groups excluding carboxylic acids is 2. The Morgan fingerprint density at radius 2 is 1.98 bits per heavy atom. The standard InChI is InChI=1S/C28H29B2N5O4S/c1-16-14-19(39-18-7-3-2-4-8-18)9-10-20(16)35-21-11-12-31-26-22(21)23(33-27(35)37)24(40-26)25(36)32-17-6-5-13-34(15-17)28(29,30)38/h2-4,7-12,14,17,38H,5-6,13,15,29-30H2,1H3,(H,32,36)(H,33,37). The fraction of sp³-hybridized carbons (Fsp3) is 0.250. The monoisotopic (exact) mass is 553 g/mol. The molecule has 1 unspecified atom stereocenters. The largest absolute Gasteiger partial charge is 0.457 e. The fourth-order valence-corrected chi connectivity index (χ4v) is 6.42. The number of nitrogens with zero attached hydrogens (tertiary/aromatic N) is 3. The number of hydrogen-bond acceptors (Lipinski definition) is 7. The number of urea groups is 1. The summed E-state index contributed by atoms with van der Waals surface area (Å²) >= 11 is 1.27. The highest BCUT2D eigenvalue weighted by Gasteiger charge is 2.35. The molecular formula is C28H29B2N5O4S. The molecule has 0 spiro atoms. The number of aliphatic hydroxyl groups is 1. The van der Waals surface area contributed by atoms with Crippen molar-refractivity contribution in [3.63, 3.8) is 0 Å². The van der Waals surface area contributed by atoms with Crippen LogP contribution < -0.4 is 20.3 Å². The summed E-state index contributed by atoms with van der Waals surface area (Å²) < 4.78 is 5.97. The SMILES string of the molecule is BC(B)(O)N1CCCC(NC(=O)c2sc3nccc4c3c2NC(=O)N4c2ccc(Oc3ccccc3)cc2C)C1. The number of ether oxygens (including phenoxy) is 1. The summed E-state index contributed by atoms with van der Waals surface area (Å²) in [5.41, 5.74) is 1.78. The van der Waals surface area contributed by atoms with Crippen LogP contribution in [0.1, 0.15) is 28.1 Å². The molecule has 1 saturated heterocycles. The zero-order valence-electron chi connectivity index (χ0n) is 22.6. The second-order valence-electron chi connectivity index (χ2n) is 10.7. The van der Waals surface area contributed by atoms with Gasteiger partial charge in [0.1, 0.15) is 36.9 Å². The topological polar surface area (TPSA) is 107 Å². The minimum absolute atomic E-state index is 0.104. The molecule has 9 nitrogen and oxygen atoms in total. The molecule has 6 rings (SSSR count). The summed E-state index contributed by atoms with van der Waals surface area (Å²) in [4.78, 5) is 36.2. The highest BCUT2D eigenvalue weighted by molar-refractivity contribution is 7.21. The van der Waals surface area contributed by atoms with E-state index in [1.54, 1.807) is 32.9 Å². The number of aryl methyl sites for hydroxylation is 1. The van der Waals surface area contributed by atoms with E-state index < -0.39 is 5.52 Å². The van der Waals surface area contributed by atoms with Gasteiger partial charge >= 0.3 is 6.03 Å². The third-order valence-electron chi connectivity index (χ3n) is 7.37. The second kappa shape index (κ2) is 10.3. The number of hydrogen-bond donors (Lipinski definition) is 3. The van der Waals surface area contributed by atoms with Gasteiger partial charge in [0, 0.05) is 24.3 Å². The minimum atomic E-state index is -0.951. The van der Waals surface area contributed by atoms with Crippen molar-refractivity contribution < 1.29 is 19.4 Å². The highest BCUT2D eigenvalue weighted by Crippen LogP contribution is 2.46. The Labute approximate surface area is 238 Å². The van der Waals surface area contributed by atoms with E-state index in [0.717, 1.165) is 36.1 Å². The Bertz CT molecular complexity index is 1610. The summed E-state index contributed by atoms with van der Waals surface area (Å²) in [5.74, 6) is 1.15. The van der Waals surface area contributed by atoms with Gasteiger partial charge in [0.05, 0.1) is 22.4 Å². The van der Waals surface area contributed by atoms with Gasteiger partial charge in [-0.3, -0.25) is 14.6 Å². The van der Waals surface area contributed by atoms with Crippen LogP contribution in [0.2, 0.25) is 0 Å². The van der Waals surface area contributed by atoms with Crippen molar-refractivity contribution in [2.75, 3.05) is 23.3 Å². The van der Waals surface area contributed by atoms with E-state index in [2.05, 4.69) is 15.6 Å². The lowest BCUT2D eigenvalue weighted by atomic mass is 9.71. The molecule has 3 N–H and O–H groups in total. The van der Waals surface area contributed by atoms with Gasteiger partial charge in [0.15, 0.2) is 0 Å². The number of carbonyl (C=O) groups is 2. The number of piperidine rings is 1. The highest BCUT2D eigenvalue weighted by atomic mass is 32.1. The van der Waals surface area contributed by atoms with E-state index in [-0.39, 0.29) is 18.0 Å². The Kier molecular flexibility index (Phi) is 6.77. The molecule has 0 aliphatic carbocycles. The molecule has 202 valence electrons. The third-order valence-corrected chi connectivity index (χ3v) is 8.47. The summed E-state index contributed by atoms with van der Waals surface area (Å²) in [6.07, 6.45) is 3.36. The van der Waals surface area contributed by atoms with Crippen LogP contribution in [0, 0.1) is 6.92 Å². The first-order chi connectivity index (χ1) is 19.2. The average Bonchev–Trinajstić information content (AvgIpc) is 3.29. The lowest BCUT2D eigenvalue weighted by molar-refractivity contribution is 0.00880. The van der Waals surface area contributed by atoms with Crippen LogP contribution in [0.15, 0.2) is 60.8 Å². The second-order valence-corrected chi connectivity index (χ2v) is 11.7. The fourth-order valence-electron chi connectivity index (χ4n) is 5.39. The number of pyridine rings is 1. The molecule has 40 heavy (non-hydrogen) atoms. The van der Waals surface area contributed by atoms with E-state index in [0.29, 0.717) is 39.1 Å². The molecule has 4 aromatic rings. The summed E-state index contributed by atoms with van der Waals surface area (Å²) in [6.45, 7) is 3.27. The van der Waals surface area contributed by atoms with E-state index in [4.69, 9.17) is 4.74 Å². The van der Waals surface area contributed by atoms with Crippen LogP contribution in [0.4, 0.5) is 21.9 Å². The van der Waals surface area contributed by atoms with Crippen molar-refractivity contribution in [1.29, 1.82) is 0 Å². The van der Waals surface area contributed by atoms with Crippen molar-refractivity contribution >= 4 is 66.2 Å². The van der Waals surface area contributed by atoms with Gasteiger partial charge < -0.3 is 20.5 Å². The molecule has 1 atom stereocenters. The van der Waals surface area contributed by atoms with Gasteiger partial charge in [-0.05, 0) is 68.3 Å². The Hall–Kier alpha value is -3.86. The predicted octanol–water partition coefficient (Wildman–Crippen LogP) is 3.14. The zero-order valence-corrected chi connectivity index (χ0v) is 23.4. The Morgan fingerprint density at radius 3 is 2.73 bits per heavy atom. The molecule has 4 heterocycles. The number of likely N-dealkylation sites (tertiary alicyclic amines) is 1. The quantitative estimate of drug-likeness (QED) is 0.317. The van der Waals surface area contributed by atoms with Gasteiger partial charge in [-0.15, -0.1) is 11.3 Å². The van der Waals surface area contributed by atoms with E-state index in [9.17, 15) is 14.7 Å². The molecule has 1 fully saturated rings. The van der Waals surface area contributed by atoms with Crippen LogP contribution in [0.5, 0.6) is 11.5 Å². The van der Waals surface area contributed by atoms with Crippen LogP contribution in [0.3, 0.4) is 0 Å². The summed E-state index contributed by atoms with van der Waals surface area (Å²) in [6, 6.07) is 16.5. The first-order valence-electron chi connectivity index (χ1n) is 13.3. The third kappa shape index (κ3) is 4.94. The number of anilines is 3. The molecule has 3 amide bonds. The first-order valence-corrected chi connectivity index (χ1v) is 14.1. The number of thiophene rings is 1. The maximum absolute atomic E-state index is 13.5. The molecule has 2 aliphatic rings. The first kappa shape index (κ1) is 26.4. The lowest BCUT2D eigenvalue weighted by Gasteiger charge is -2.41.